The maximum atomic E-state index is 12.2. The molecule has 0 aliphatic rings. The Morgan fingerprint density at radius 3 is 2.44 bits per heavy atom. The normalized spacial score (nSPS) is 10.0. The third-order valence-electron chi connectivity index (χ3n) is 3.57. The molecule has 0 aliphatic carbocycles. The van der Waals surface area contributed by atoms with Gasteiger partial charge in [0.15, 0.2) is 0 Å². The number of anilines is 1. The summed E-state index contributed by atoms with van der Waals surface area (Å²) in [5.74, 6) is -0.356. The summed E-state index contributed by atoms with van der Waals surface area (Å²) in [6.45, 7) is 0. The maximum absolute atomic E-state index is 12.2. The SMILES string of the molecule is N#Cc1cccc(C(=O)Nc2ccc(-c3cc(C(N)=O)co3)cc2)c1. The summed E-state index contributed by atoms with van der Waals surface area (Å²) in [4.78, 5) is 23.3. The Labute approximate surface area is 143 Å². The molecule has 0 saturated heterocycles. The largest absolute Gasteiger partial charge is 0.464 e. The molecule has 0 spiro atoms. The van der Waals surface area contributed by atoms with Gasteiger partial charge < -0.3 is 15.5 Å². The lowest BCUT2D eigenvalue weighted by atomic mass is 10.1. The van der Waals surface area contributed by atoms with Gasteiger partial charge in [0.05, 0.1) is 17.2 Å². The highest BCUT2D eigenvalue weighted by Gasteiger charge is 2.10. The minimum Gasteiger partial charge on any atom is -0.464 e. The number of nitrogens with one attached hydrogen (secondary N) is 1. The van der Waals surface area contributed by atoms with Crippen LogP contribution in [0.1, 0.15) is 26.3 Å². The van der Waals surface area contributed by atoms with E-state index in [2.05, 4.69) is 5.32 Å². The lowest BCUT2D eigenvalue weighted by Gasteiger charge is -2.06. The van der Waals surface area contributed by atoms with E-state index in [-0.39, 0.29) is 5.91 Å². The van der Waals surface area contributed by atoms with Gasteiger partial charge in [-0.2, -0.15) is 5.26 Å². The molecule has 1 aromatic heterocycles. The highest BCUT2D eigenvalue weighted by atomic mass is 16.3. The van der Waals surface area contributed by atoms with E-state index in [0.29, 0.717) is 28.1 Å². The van der Waals surface area contributed by atoms with Gasteiger partial charge in [0.1, 0.15) is 12.0 Å². The van der Waals surface area contributed by atoms with E-state index < -0.39 is 5.91 Å². The van der Waals surface area contributed by atoms with E-state index in [1.807, 2.05) is 6.07 Å². The summed E-state index contributed by atoms with van der Waals surface area (Å²) in [5, 5.41) is 11.6. The summed E-state index contributed by atoms with van der Waals surface area (Å²) in [5.41, 5.74) is 7.66. The van der Waals surface area contributed by atoms with Crippen LogP contribution in [0.25, 0.3) is 11.3 Å². The van der Waals surface area contributed by atoms with E-state index in [4.69, 9.17) is 15.4 Å². The first kappa shape index (κ1) is 16.0. The van der Waals surface area contributed by atoms with Gasteiger partial charge in [0, 0.05) is 16.8 Å². The van der Waals surface area contributed by atoms with Crippen LogP contribution in [0.4, 0.5) is 5.69 Å². The Hall–Kier alpha value is -3.85. The average Bonchev–Trinajstić information content (AvgIpc) is 3.13. The molecule has 0 radical (unpaired) electrons. The molecular weight excluding hydrogens is 318 g/mol. The molecule has 2 aromatic carbocycles. The zero-order chi connectivity index (χ0) is 17.8. The molecule has 0 atom stereocenters. The summed E-state index contributed by atoms with van der Waals surface area (Å²) >= 11 is 0. The topological polar surface area (TPSA) is 109 Å². The Balaban J connectivity index is 1.74. The minimum absolute atomic E-state index is 0.296. The van der Waals surface area contributed by atoms with Gasteiger partial charge >= 0.3 is 0 Å². The molecule has 3 N–H and O–H groups in total. The molecule has 0 saturated carbocycles. The number of hydrogen-bond acceptors (Lipinski definition) is 4. The van der Waals surface area contributed by atoms with E-state index in [1.54, 1.807) is 48.5 Å². The predicted octanol–water partition coefficient (Wildman–Crippen LogP) is 3.17. The Bertz CT molecular complexity index is 982. The monoisotopic (exact) mass is 331 g/mol. The van der Waals surface area contributed by atoms with Crippen LogP contribution in [0, 0.1) is 11.3 Å². The number of nitrogens with zero attached hydrogens (tertiary/aromatic N) is 1. The van der Waals surface area contributed by atoms with Gasteiger partial charge in [0.25, 0.3) is 11.8 Å². The van der Waals surface area contributed by atoms with Crippen LogP contribution in [0.2, 0.25) is 0 Å². The zero-order valence-electron chi connectivity index (χ0n) is 13.0. The molecule has 2 amide bonds. The molecule has 3 rings (SSSR count). The van der Waals surface area contributed by atoms with E-state index >= 15 is 0 Å². The van der Waals surface area contributed by atoms with E-state index in [0.717, 1.165) is 5.56 Å². The Kier molecular flexibility index (Phi) is 4.31. The van der Waals surface area contributed by atoms with Crippen molar-refractivity contribution in [1.29, 1.82) is 5.26 Å². The van der Waals surface area contributed by atoms with Crippen molar-refractivity contribution in [2.75, 3.05) is 5.32 Å². The number of rotatable bonds is 4. The van der Waals surface area contributed by atoms with Crippen LogP contribution in [0.5, 0.6) is 0 Å². The van der Waals surface area contributed by atoms with Crippen LogP contribution in [-0.2, 0) is 0 Å². The molecule has 1 heterocycles. The van der Waals surface area contributed by atoms with Crippen molar-refractivity contribution in [2.45, 2.75) is 0 Å². The van der Waals surface area contributed by atoms with E-state index in [1.165, 1.54) is 12.3 Å². The maximum Gasteiger partial charge on any atom is 0.255 e. The van der Waals surface area contributed by atoms with Gasteiger partial charge in [0.2, 0.25) is 0 Å². The molecule has 6 heteroatoms. The van der Waals surface area contributed by atoms with Crippen molar-refractivity contribution in [3.05, 3.63) is 77.6 Å². The summed E-state index contributed by atoms with van der Waals surface area (Å²) in [6.07, 6.45) is 1.30. The summed E-state index contributed by atoms with van der Waals surface area (Å²) < 4.78 is 5.31. The Morgan fingerprint density at radius 1 is 1.04 bits per heavy atom. The van der Waals surface area contributed by atoms with Crippen LogP contribution in [-0.4, -0.2) is 11.8 Å². The summed E-state index contributed by atoms with van der Waals surface area (Å²) in [7, 11) is 0. The van der Waals surface area contributed by atoms with Gasteiger partial charge in [-0.1, -0.05) is 6.07 Å². The lowest BCUT2D eigenvalue weighted by molar-refractivity contribution is 0.0997. The molecular formula is C19H13N3O3. The first-order chi connectivity index (χ1) is 12.1. The second kappa shape index (κ2) is 6.72. The van der Waals surface area contributed by atoms with Crippen molar-refractivity contribution in [1.82, 2.24) is 0 Å². The number of nitrogens with two attached hydrogens (primary N) is 1. The third kappa shape index (κ3) is 3.57. The van der Waals surface area contributed by atoms with Crippen molar-refractivity contribution >= 4 is 17.5 Å². The molecule has 6 nitrogen and oxygen atoms in total. The standard InChI is InChI=1S/C19H13N3O3/c20-10-12-2-1-3-14(8-12)19(24)22-16-6-4-13(5-7-16)17-9-15(11-25-17)18(21)23/h1-9,11H,(H2,21,23)(H,22,24). The average molecular weight is 331 g/mol. The number of benzene rings is 2. The lowest BCUT2D eigenvalue weighted by Crippen LogP contribution is -2.11. The highest BCUT2D eigenvalue weighted by Crippen LogP contribution is 2.24. The molecule has 0 fully saturated rings. The molecule has 0 unspecified atom stereocenters. The van der Waals surface area contributed by atoms with Gasteiger partial charge in [-0.05, 0) is 48.5 Å². The van der Waals surface area contributed by atoms with Crippen molar-refractivity contribution < 1.29 is 14.0 Å². The highest BCUT2D eigenvalue weighted by molar-refractivity contribution is 6.04. The quantitative estimate of drug-likeness (QED) is 0.765. The molecule has 25 heavy (non-hydrogen) atoms. The molecule has 0 bridgehead atoms. The number of amides is 2. The second-order valence-electron chi connectivity index (χ2n) is 5.29. The van der Waals surface area contributed by atoms with Crippen LogP contribution < -0.4 is 11.1 Å². The van der Waals surface area contributed by atoms with Crippen molar-refractivity contribution in [3.63, 3.8) is 0 Å². The summed E-state index contributed by atoms with van der Waals surface area (Å²) in [6, 6.07) is 17.0. The fourth-order valence-electron chi connectivity index (χ4n) is 2.27. The number of furan rings is 1. The molecule has 3 aromatic rings. The smallest absolute Gasteiger partial charge is 0.255 e. The number of hydrogen-bond donors (Lipinski definition) is 2. The van der Waals surface area contributed by atoms with Crippen molar-refractivity contribution in [3.8, 4) is 17.4 Å². The minimum atomic E-state index is -0.557. The predicted molar refractivity (Wildman–Crippen MR) is 91.8 cm³/mol. The van der Waals surface area contributed by atoms with Gasteiger partial charge in [-0.3, -0.25) is 9.59 Å². The van der Waals surface area contributed by atoms with Crippen LogP contribution >= 0.6 is 0 Å². The third-order valence-corrected chi connectivity index (χ3v) is 3.57. The van der Waals surface area contributed by atoms with Gasteiger partial charge in [-0.15, -0.1) is 0 Å². The molecule has 0 aliphatic heterocycles. The number of nitriles is 1. The van der Waals surface area contributed by atoms with Crippen LogP contribution in [0.3, 0.4) is 0 Å². The Morgan fingerprint density at radius 2 is 1.80 bits per heavy atom. The van der Waals surface area contributed by atoms with Gasteiger partial charge in [-0.25, -0.2) is 0 Å². The fraction of sp³-hybridized carbons (Fsp3) is 0. The number of carbonyl (C=O) groups is 2. The number of carbonyl (C=O) groups excluding carboxylic acids is 2. The van der Waals surface area contributed by atoms with E-state index in [9.17, 15) is 9.59 Å². The molecule has 122 valence electrons. The second-order valence-corrected chi connectivity index (χ2v) is 5.29. The first-order valence-corrected chi connectivity index (χ1v) is 7.37. The van der Waals surface area contributed by atoms with Crippen LogP contribution in [0.15, 0.2) is 65.3 Å². The number of primary amides is 1. The fourth-order valence-corrected chi connectivity index (χ4v) is 2.27. The first-order valence-electron chi connectivity index (χ1n) is 7.37. The van der Waals surface area contributed by atoms with Crippen molar-refractivity contribution in [2.24, 2.45) is 5.73 Å². The zero-order valence-corrected chi connectivity index (χ0v) is 13.0.